The molecule has 1 aliphatic rings. The predicted octanol–water partition coefficient (Wildman–Crippen LogP) is 3.82. The number of aromatic hydroxyl groups is 2. The summed E-state index contributed by atoms with van der Waals surface area (Å²) in [5.41, 5.74) is 6.86. The van der Waals surface area contributed by atoms with Gasteiger partial charge in [-0.05, 0) is 60.4 Å². The molecule has 164 valence electrons. The average Bonchev–Trinajstić information content (AvgIpc) is 2.79. The Morgan fingerprint density at radius 2 is 2.00 bits per heavy atom. The molecule has 0 atom stereocenters. The highest BCUT2D eigenvalue weighted by Crippen LogP contribution is 2.30. The van der Waals surface area contributed by atoms with E-state index >= 15 is 0 Å². The van der Waals surface area contributed by atoms with E-state index in [0.717, 1.165) is 42.3 Å². The summed E-state index contributed by atoms with van der Waals surface area (Å²) in [6.45, 7) is 1.68. The van der Waals surface area contributed by atoms with Crippen LogP contribution in [0.15, 0.2) is 65.8 Å². The number of hydrogen-bond donors (Lipinski definition) is 3. The van der Waals surface area contributed by atoms with Gasteiger partial charge in [-0.2, -0.15) is 5.10 Å². The lowest BCUT2D eigenvalue weighted by molar-refractivity contribution is 0.0952. The number of rotatable bonds is 6. The van der Waals surface area contributed by atoms with Gasteiger partial charge in [-0.3, -0.25) is 4.79 Å². The van der Waals surface area contributed by atoms with E-state index in [9.17, 15) is 15.0 Å². The quantitative estimate of drug-likeness (QED) is 0.407. The standard InChI is InChI=1S/C25H25N3O4/c1-32-24-11-8-17(15-26-27-25(31)21-10-9-20(29)14-23(21)30)13-19(24)16-28-12-4-6-18-5-2-3-7-22(18)28/h2-3,5,7-11,13-15,29-30H,4,6,12,16H2,1H3,(H,27,31)/b26-15-. The first-order chi connectivity index (χ1) is 15.5. The Balaban J connectivity index is 1.49. The van der Waals surface area contributed by atoms with Gasteiger partial charge >= 0.3 is 0 Å². The van der Waals surface area contributed by atoms with Crippen LogP contribution >= 0.6 is 0 Å². The minimum Gasteiger partial charge on any atom is -0.508 e. The molecule has 0 spiro atoms. The zero-order valence-corrected chi connectivity index (χ0v) is 17.8. The fraction of sp³-hybridized carbons (Fsp3) is 0.200. The monoisotopic (exact) mass is 431 g/mol. The van der Waals surface area contributed by atoms with Crippen molar-refractivity contribution in [2.75, 3.05) is 18.6 Å². The Bertz CT molecular complexity index is 1160. The van der Waals surface area contributed by atoms with Crippen molar-refractivity contribution in [1.29, 1.82) is 0 Å². The smallest absolute Gasteiger partial charge is 0.275 e. The number of amides is 1. The molecule has 0 unspecified atom stereocenters. The molecule has 0 radical (unpaired) electrons. The Kier molecular flexibility index (Phi) is 6.26. The third kappa shape index (κ3) is 4.67. The first kappa shape index (κ1) is 21.2. The van der Waals surface area contributed by atoms with Gasteiger partial charge in [0.25, 0.3) is 5.91 Å². The molecular formula is C25H25N3O4. The van der Waals surface area contributed by atoms with Crippen LogP contribution in [0.1, 0.15) is 33.5 Å². The van der Waals surface area contributed by atoms with Crippen molar-refractivity contribution in [2.24, 2.45) is 5.10 Å². The second-order valence-corrected chi connectivity index (χ2v) is 7.63. The molecule has 3 aromatic rings. The number of ether oxygens (including phenoxy) is 1. The first-order valence-electron chi connectivity index (χ1n) is 10.4. The molecule has 0 saturated heterocycles. The third-order valence-corrected chi connectivity index (χ3v) is 5.48. The zero-order chi connectivity index (χ0) is 22.5. The van der Waals surface area contributed by atoms with Crippen molar-refractivity contribution in [3.8, 4) is 17.2 Å². The van der Waals surface area contributed by atoms with E-state index in [-0.39, 0.29) is 17.1 Å². The molecule has 3 aromatic carbocycles. The van der Waals surface area contributed by atoms with Crippen molar-refractivity contribution < 1.29 is 19.7 Å². The summed E-state index contributed by atoms with van der Waals surface area (Å²) in [4.78, 5) is 14.6. The molecule has 32 heavy (non-hydrogen) atoms. The van der Waals surface area contributed by atoms with Gasteiger partial charge in [-0.15, -0.1) is 0 Å². The van der Waals surface area contributed by atoms with Gasteiger partial charge < -0.3 is 19.8 Å². The summed E-state index contributed by atoms with van der Waals surface area (Å²) in [7, 11) is 1.65. The summed E-state index contributed by atoms with van der Waals surface area (Å²) in [6.07, 6.45) is 3.74. The van der Waals surface area contributed by atoms with Crippen LogP contribution in [0.3, 0.4) is 0 Å². The van der Waals surface area contributed by atoms with E-state index < -0.39 is 5.91 Å². The second-order valence-electron chi connectivity index (χ2n) is 7.63. The lowest BCUT2D eigenvalue weighted by Gasteiger charge is -2.31. The SMILES string of the molecule is COc1ccc(/C=N\NC(=O)c2ccc(O)cc2O)cc1CN1CCCc2ccccc21. The Morgan fingerprint density at radius 1 is 1.16 bits per heavy atom. The molecule has 3 N–H and O–H groups in total. The average molecular weight is 431 g/mol. The Morgan fingerprint density at radius 3 is 2.81 bits per heavy atom. The normalized spacial score (nSPS) is 13.1. The molecule has 1 amide bonds. The topological polar surface area (TPSA) is 94.4 Å². The Labute approximate surface area is 186 Å². The van der Waals surface area contributed by atoms with Gasteiger partial charge in [-0.1, -0.05) is 18.2 Å². The number of carbonyl (C=O) groups excluding carboxylic acids is 1. The van der Waals surface area contributed by atoms with Crippen LogP contribution in [0.4, 0.5) is 5.69 Å². The van der Waals surface area contributed by atoms with Gasteiger partial charge in [0.2, 0.25) is 0 Å². The first-order valence-corrected chi connectivity index (χ1v) is 10.4. The van der Waals surface area contributed by atoms with Crippen LogP contribution in [-0.2, 0) is 13.0 Å². The van der Waals surface area contributed by atoms with Gasteiger partial charge in [0.05, 0.1) is 18.9 Å². The lowest BCUT2D eigenvalue weighted by atomic mass is 10.0. The maximum atomic E-state index is 12.2. The van der Waals surface area contributed by atoms with Gasteiger partial charge in [0.1, 0.15) is 17.2 Å². The minimum atomic E-state index is -0.572. The van der Waals surface area contributed by atoms with Crippen molar-refractivity contribution in [1.82, 2.24) is 5.43 Å². The third-order valence-electron chi connectivity index (χ3n) is 5.48. The van der Waals surface area contributed by atoms with E-state index in [1.807, 2.05) is 18.2 Å². The lowest BCUT2D eigenvalue weighted by Crippen LogP contribution is -2.29. The number of carbonyl (C=O) groups is 1. The van der Waals surface area contributed by atoms with Crippen LogP contribution in [0.25, 0.3) is 0 Å². The minimum absolute atomic E-state index is 0.0270. The fourth-order valence-electron chi connectivity index (χ4n) is 3.92. The van der Waals surface area contributed by atoms with Crippen LogP contribution in [0.2, 0.25) is 0 Å². The van der Waals surface area contributed by atoms with Crippen molar-refractivity contribution in [3.05, 3.63) is 82.9 Å². The predicted molar refractivity (Wildman–Crippen MR) is 124 cm³/mol. The number of aryl methyl sites for hydroxylation is 1. The number of phenols is 2. The number of methoxy groups -OCH3 is 1. The van der Waals surface area contributed by atoms with Crippen molar-refractivity contribution in [2.45, 2.75) is 19.4 Å². The number of nitrogens with zero attached hydrogens (tertiary/aromatic N) is 2. The van der Waals surface area contributed by atoms with Crippen LogP contribution < -0.4 is 15.1 Å². The van der Waals surface area contributed by atoms with Crippen LogP contribution in [0.5, 0.6) is 17.2 Å². The van der Waals surface area contributed by atoms with Crippen molar-refractivity contribution >= 4 is 17.8 Å². The van der Waals surface area contributed by atoms with Gasteiger partial charge in [-0.25, -0.2) is 5.43 Å². The van der Waals surface area contributed by atoms with E-state index in [1.54, 1.807) is 13.3 Å². The van der Waals surface area contributed by atoms with E-state index in [4.69, 9.17) is 4.74 Å². The molecule has 0 fully saturated rings. The highest BCUT2D eigenvalue weighted by molar-refractivity contribution is 5.97. The summed E-state index contributed by atoms with van der Waals surface area (Å²) in [6, 6.07) is 18.0. The zero-order valence-electron chi connectivity index (χ0n) is 17.8. The molecule has 1 aliphatic heterocycles. The molecule has 0 aliphatic carbocycles. The van der Waals surface area contributed by atoms with Crippen molar-refractivity contribution in [3.63, 3.8) is 0 Å². The van der Waals surface area contributed by atoms with Gasteiger partial charge in [0, 0.05) is 30.4 Å². The number of anilines is 1. The largest absolute Gasteiger partial charge is 0.508 e. The molecule has 4 rings (SSSR count). The van der Waals surface area contributed by atoms with Crippen LogP contribution in [-0.4, -0.2) is 36.0 Å². The van der Waals surface area contributed by atoms with Gasteiger partial charge in [0.15, 0.2) is 0 Å². The van der Waals surface area contributed by atoms with E-state index in [1.165, 1.54) is 23.4 Å². The highest BCUT2D eigenvalue weighted by atomic mass is 16.5. The Hall–Kier alpha value is -4.00. The highest BCUT2D eigenvalue weighted by Gasteiger charge is 2.18. The van der Waals surface area contributed by atoms with E-state index in [2.05, 4.69) is 39.7 Å². The number of nitrogens with one attached hydrogen (secondary N) is 1. The fourth-order valence-corrected chi connectivity index (χ4v) is 3.92. The molecule has 0 bridgehead atoms. The number of benzene rings is 3. The number of phenolic OH excluding ortho intramolecular Hbond substituents is 2. The molecule has 7 nitrogen and oxygen atoms in total. The summed E-state index contributed by atoms with van der Waals surface area (Å²) < 4.78 is 5.56. The number of para-hydroxylation sites is 1. The molecule has 1 heterocycles. The number of hydrazone groups is 1. The number of hydrogen-bond acceptors (Lipinski definition) is 6. The maximum Gasteiger partial charge on any atom is 0.275 e. The maximum absolute atomic E-state index is 12.2. The summed E-state index contributed by atoms with van der Waals surface area (Å²) in [5.74, 6) is -0.212. The molecule has 0 aromatic heterocycles. The van der Waals surface area contributed by atoms with E-state index in [0.29, 0.717) is 6.54 Å². The molecule has 7 heteroatoms. The number of fused-ring (bicyclic) bond motifs is 1. The summed E-state index contributed by atoms with van der Waals surface area (Å²) >= 11 is 0. The summed E-state index contributed by atoms with van der Waals surface area (Å²) in [5, 5.41) is 23.2. The molecule has 0 saturated carbocycles. The van der Waals surface area contributed by atoms with Crippen LogP contribution in [0, 0.1) is 0 Å². The second kappa shape index (κ2) is 9.43. The molecular weight excluding hydrogens is 406 g/mol.